The zero-order chi connectivity index (χ0) is 29.7. The predicted octanol–water partition coefficient (Wildman–Crippen LogP) is 5.07. The van der Waals surface area contributed by atoms with Gasteiger partial charge in [0.25, 0.3) is 0 Å². The third-order valence-electron chi connectivity index (χ3n) is 5.05. The molecule has 12 heteroatoms. The van der Waals surface area contributed by atoms with Crippen molar-refractivity contribution in [1.29, 1.82) is 0 Å². The van der Waals surface area contributed by atoms with E-state index < -0.39 is 54.9 Å². The molecular weight excluding hydrogens is 514 g/mol. The Balaban J connectivity index is 2.86. The van der Waals surface area contributed by atoms with Gasteiger partial charge in [0, 0.05) is 0 Å². The molecule has 0 aliphatic rings. The van der Waals surface area contributed by atoms with Gasteiger partial charge in [-0.25, -0.2) is 14.4 Å². The summed E-state index contributed by atoms with van der Waals surface area (Å²) in [5.74, 6) is -0.972. The molecule has 0 radical (unpaired) electrons. The topological polar surface area (TPSA) is 159 Å². The van der Waals surface area contributed by atoms with Gasteiger partial charge in [0.05, 0.1) is 12.2 Å². The highest BCUT2D eigenvalue weighted by Crippen LogP contribution is 2.30. The first-order valence-electron chi connectivity index (χ1n) is 12.9. The predicted molar refractivity (Wildman–Crippen MR) is 140 cm³/mol. The van der Waals surface area contributed by atoms with E-state index in [1.807, 2.05) is 6.92 Å². The molecule has 2 N–H and O–H groups in total. The molecule has 0 aliphatic heterocycles. The van der Waals surface area contributed by atoms with Crippen molar-refractivity contribution in [3.05, 3.63) is 23.8 Å². The molecule has 0 saturated carbocycles. The molecule has 0 aromatic heterocycles. The van der Waals surface area contributed by atoms with Gasteiger partial charge in [-0.3, -0.25) is 4.79 Å². The van der Waals surface area contributed by atoms with Crippen LogP contribution in [0.4, 0.5) is 14.4 Å². The molecule has 1 aromatic carbocycles. The number of rotatable bonds is 13. The molecular formula is C27H41NO11. The summed E-state index contributed by atoms with van der Waals surface area (Å²) < 4.78 is 36.0. The highest BCUT2D eigenvalue weighted by molar-refractivity contribution is 5.76. The Morgan fingerprint density at radius 3 is 1.79 bits per heavy atom. The molecule has 1 aromatic rings. The van der Waals surface area contributed by atoms with Crippen LogP contribution in [0, 0.1) is 0 Å². The molecule has 0 heterocycles. The second-order valence-corrected chi connectivity index (χ2v) is 9.56. The van der Waals surface area contributed by atoms with Gasteiger partial charge in [0.1, 0.15) is 24.4 Å². The van der Waals surface area contributed by atoms with Crippen LogP contribution >= 0.6 is 0 Å². The molecule has 0 bridgehead atoms. The van der Waals surface area contributed by atoms with Crippen molar-refractivity contribution in [3.63, 3.8) is 0 Å². The van der Waals surface area contributed by atoms with Crippen LogP contribution in [-0.2, 0) is 34.9 Å². The average molecular weight is 556 g/mol. The van der Waals surface area contributed by atoms with Crippen LogP contribution in [0.15, 0.2) is 18.2 Å². The Kier molecular flexibility index (Phi) is 14.1. The van der Waals surface area contributed by atoms with Gasteiger partial charge in [-0.2, -0.15) is 0 Å². The number of carbonyl (C=O) groups is 4. The minimum Gasteiger partial charge on any atom is -0.458 e. The molecule has 12 nitrogen and oxygen atoms in total. The number of ether oxygens (including phenoxy) is 7. The van der Waals surface area contributed by atoms with Crippen molar-refractivity contribution in [3.8, 4) is 11.5 Å². The highest BCUT2D eigenvalue weighted by Gasteiger charge is 2.26. The first-order valence-corrected chi connectivity index (χ1v) is 12.9. The van der Waals surface area contributed by atoms with Gasteiger partial charge in [-0.1, -0.05) is 19.4 Å². The lowest BCUT2D eigenvalue weighted by molar-refractivity contribution is -0.155. The minimum atomic E-state index is -1.11. The lowest BCUT2D eigenvalue weighted by Crippen LogP contribution is -2.39. The van der Waals surface area contributed by atoms with E-state index in [2.05, 4.69) is 0 Å². The zero-order valence-corrected chi connectivity index (χ0v) is 23.9. The second-order valence-electron chi connectivity index (χ2n) is 9.56. The number of nitrogens with two attached hydrogens (primary N) is 1. The average Bonchev–Trinajstić information content (AvgIpc) is 2.79. The lowest BCUT2D eigenvalue weighted by Gasteiger charge is -2.23. The van der Waals surface area contributed by atoms with E-state index in [1.165, 1.54) is 18.2 Å². The number of benzene rings is 1. The van der Waals surface area contributed by atoms with Gasteiger partial charge >= 0.3 is 24.4 Å². The van der Waals surface area contributed by atoms with Gasteiger partial charge in [-0.05, 0) is 79.0 Å². The number of hydrogen-bond acceptors (Lipinski definition) is 12. The van der Waals surface area contributed by atoms with E-state index >= 15 is 0 Å². The van der Waals surface area contributed by atoms with Gasteiger partial charge in [0.15, 0.2) is 11.5 Å². The van der Waals surface area contributed by atoms with E-state index in [9.17, 15) is 19.2 Å². The van der Waals surface area contributed by atoms with Crippen LogP contribution in [0.25, 0.3) is 0 Å². The van der Waals surface area contributed by atoms with E-state index in [-0.39, 0.29) is 24.0 Å². The third kappa shape index (κ3) is 13.2. The number of carbonyl (C=O) groups excluding carboxylic acids is 4. The fourth-order valence-electron chi connectivity index (χ4n) is 3.06. The summed E-state index contributed by atoms with van der Waals surface area (Å²) in [4.78, 5) is 48.6. The minimum absolute atomic E-state index is 0.0102. The van der Waals surface area contributed by atoms with Crippen molar-refractivity contribution in [2.45, 2.75) is 111 Å². The fourth-order valence-corrected chi connectivity index (χ4v) is 3.06. The van der Waals surface area contributed by atoms with Gasteiger partial charge in [-0.15, -0.1) is 0 Å². The van der Waals surface area contributed by atoms with Crippen molar-refractivity contribution in [2.75, 3.05) is 0 Å². The summed E-state index contributed by atoms with van der Waals surface area (Å²) in [7, 11) is 0. The summed E-state index contributed by atoms with van der Waals surface area (Å²) >= 11 is 0. The Bertz CT molecular complexity index is 963. The lowest BCUT2D eigenvalue weighted by atomic mass is 10.1. The van der Waals surface area contributed by atoms with Crippen LogP contribution in [0.5, 0.6) is 11.5 Å². The van der Waals surface area contributed by atoms with Crippen LogP contribution in [0.3, 0.4) is 0 Å². The molecule has 1 rings (SSSR count). The Morgan fingerprint density at radius 2 is 1.26 bits per heavy atom. The molecule has 0 amide bonds. The summed E-state index contributed by atoms with van der Waals surface area (Å²) in [6.07, 6.45) is -4.07. The van der Waals surface area contributed by atoms with Gasteiger partial charge < -0.3 is 38.9 Å². The molecule has 0 aliphatic carbocycles. The standard InChI is InChI=1S/C27H41NO11/c1-9-10-17(6)35-27(32)37-19(8)18(7)36-24(29)21(28)13-20-11-12-22(38-25(30)33-15(2)3)23(14-20)39-26(31)34-16(4)5/h11-12,14-19,21H,9-10,13,28H2,1-8H3/t17?,18-,19-,21-/m0/s1. The maximum absolute atomic E-state index is 12.6. The Morgan fingerprint density at radius 1 is 0.718 bits per heavy atom. The van der Waals surface area contributed by atoms with E-state index in [0.717, 1.165) is 6.42 Å². The largest absolute Gasteiger partial charge is 0.514 e. The summed E-state index contributed by atoms with van der Waals surface area (Å²) in [6, 6.07) is 3.18. The summed E-state index contributed by atoms with van der Waals surface area (Å²) in [5.41, 5.74) is 6.52. The quantitative estimate of drug-likeness (QED) is 0.196. The van der Waals surface area contributed by atoms with Crippen molar-refractivity contribution in [2.24, 2.45) is 5.73 Å². The normalized spacial score (nSPS) is 14.0. The van der Waals surface area contributed by atoms with Crippen LogP contribution in [0.1, 0.15) is 73.8 Å². The van der Waals surface area contributed by atoms with Crippen LogP contribution < -0.4 is 15.2 Å². The molecule has 0 saturated heterocycles. The molecule has 1 unspecified atom stereocenters. The molecule has 39 heavy (non-hydrogen) atoms. The Hall–Kier alpha value is -3.54. The SMILES string of the molecule is CCCC(C)OC(=O)O[C@@H](C)[C@H](C)OC(=O)[C@@H](N)Cc1ccc(OC(=O)OC(C)C)c(OC(=O)OC(C)C)c1. The monoisotopic (exact) mass is 555 g/mol. The first-order chi connectivity index (χ1) is 18.2. The fraction of sp³-hybridized carbons (Fsp3) is 0.630. The van der Waals surface area contributed by atoms with Crippen molar-refractivity contribution >= 4 is 24.4 Å². The first kappa shape index (κ1) is 33.5. The molecule has 0 fully saturated rings. The third-order valence-corrected chi connectivity index (χ3v) is 5.05. The maximum Gasteiger partial charge on any atom is 0.514 e. The van der Waals surface area contributed by atoms with Crippen LogP contribution in [0.2, 0.25) is 0 Å². The van der Waals surface area contributed by atoms with E-state index in [0.29, 0.717) is 12.0 Å². The number of hydrogen-bond donors (Lipinski definition) is 1. The number of esters is 1. The second kappa shape index (κ2) is 16.4. The molecule has 0 spiro atoms. The van der Waals surface area contributed by atoms with Crippen molar-refractivity contribution in [1.82, 2.24) is 0 Å². The van der Waals surface area contributed by atoms with Crippen molar-refractivity contribution < 1.29 is 52.3 Å². The Labute approximate surface area is 229 Å². The maximum atomic E-state index is 12.6. The molecule has 4 atom stereocenters. The highest BCUT2D eigenvalue weighted by atomic mass is 16.8. The zero-order valence-electron chi connectivity index (χ0n) is 23.9. The van der Waals surface area contributed by atoms with Gasteiger partial charge in [0.2, 0.25) is 0 Å². The van der Waals surface area contributed by atoms with E-state index in [1.54, 1.807) is 48.5 Å². The summed E-state index contributed by atoms with van der Waals surface area (Å²) in [5, 5.41) is 0. The van der Waals surface area contributed by atoms with E-state index in [4.69, 9.17) is 38.9 Å². The smallest absolute Gasteiger partial charge is 0.458 e. The summed E-state index contributed by atoms with van der Waals surface area (Å²) in [6.45, 7) is 13.4. The molecule has 220 valence electrons. The van der Waals surface area contributed by atoms with Crippen LogP contribution in [-0.4, -0.2) is 61.0 Å².